The summed E-state index contributed by atoms with van der Waals surface area (Å²) in [5, 5.41) is 12.9. The van der Waals surface area contributed by atoms with E-state index in [0.717, 1.165) is 5.56 Å². The number of hydrogen-bond acceptors (Lipinski definition) is 5. The molecule has 1 fully saturated rings. The van der Waals surface area contributed by atoms with Crippen molar-refractivity contribution in [1.82, 2.24) is 9.80 Å². The van der Waals surface area contributed by atoms with E-state index in [9.17, 15) is 14.9 Å². The minimum absolute atomic E-state index is 0.0117. The second-order valence-electron chi connectivity index (χ2n) is 7.42. The van der Waals surface area contributed by atoms with E-state index in [-0.39, 0.29) is 24.2 Å². The lowest BCUT2D eigenvalue weighted by Gasteiger charge is -2.39. The third kappa shape index (κ3) is 3.57. The Labute approximate surface area is 175 Å². The van der Waals surface area contributed by atoms with Crippen molar-refractivity contribution in [2.75, 3.05) is 25.0 Å². The molecule has 0 radical (unpaired) electrons. The minimum Gasteiger partial charge on any atom is -0.450 e. The molecular formula is C23H24N4O3. The number of piperidine rings is 1. The van der Waals surface area contributed by atoms with Crippen molar-refractivity contribution in [2.45, 2.75) is 32.0 Å². The molecule has 0 saturated carbocycles. The van der Waals surface area contributed by atoms with E-state index in [4.69, 9.17) is 4.74 Å². The molecule has 2 aliphatic heterocycles. The van der Waals surface area contributed by atoms with Gasteiger partial charge in [-0.05, 0) is 38.0 Å². The molecule has 0 aliphatic carbocycles. The number of carbonyl (C=O) groups excluding carboxylic acids is 2. The Morgan fingerprint density at radius 1 is 1.17 bits per heavy atom. The number of benzene rings is 2. The SMILES string of the molecule is CCOC(=O)N1CCC(N2C(=O)c3ccccc3[C@H]2Nc2ccccc2C#N)CC1. The van der Waals surface area contributed by atoms with Crippen LogP contribution in [0.1, 0.15) is 47.4 Å². The largest absolute Gasteiger partial charge is 0.450 e. The van der Waals surface area contributed by atoms with E-state index in [1.54, 1.807) is 17.9 Å². The van der Waals surface area contributed by atoms with Gasteiger partial charge in [0.15, 0.2) is 0 Å². The number of ether oxygens (including phenoxy) is 1. The van der Waals surface area contributed by atoms with Crippen LogP contribution in [0.5, 0.6) is 0 Å². The predicted molar refractivity (Wildman–Crippen MR) is 112 cm³/mol. The van der Waals surface area contributed by atoms with Crippen molar-refractivity contribution in [1.29, 1.82) is 5.26 Å². The first-order valence-corrected chi connectivity index (χ1v) is 10.2. The minimum atomic E-state index is -0.359. The molecule has 154 valence electrons. The van der Waals surface area contributed by atoms with Gasteiger partial charge < -0.3 is 19.9 Å². The molecule has 0 bridgehead atoms. The zero-order valence-corrected chi connectivity index (χ0v) is 16.9. The topological polar surface area (TPSA) is 85.7 Å². The van der Waals surface area contributed by atoms with Crippen LogP contribution in [-0.2, 0) is 4.74 Å². The predicted octanol–water partition coefficient (Wildman–Crippen LogP) is 3.75. The number of rotatable bonds is 4. The van der Waals surface area contributed by atoms with Gasteiger partial charge in [0, 0.05) is 30.3 Å². The third-order valence-electron chi connectivity index (χ3n) is 5.72. The zero-order valence-electron chi connectivity index (χ0n) is 16.9. The van der Waals surface area contributed by atoms with E-state index in [2.05, 4.69) is 11.4 Å². The maximum absolute atomic E-state index is 13.3. The number of amides is 2. The smallest absolute Gasteiger partial charge is 0.409 e. The molecule has 1 N–H and O–H groups in total. The first-order chi connectivity index (χ1) is 14.6. The fourth-order valence-corrected chi connectivity index (χ4v) is 4.26. The molecule has 7 nitrogen and oxygen atoms in total. The van der Waals surface area contributed by atoms with Crippen molar-refractivity contribution in [2.24, 2.45) is 0 Å². The van der Waals surface area contributed by atoms with Crippen LogP contribution < -0.4 is 5.32 Å². The van der Waals surface area contributed by atoms with Crippen LogP contribution in [0.3, 0.4) is 0 Å². The Kier molecular flexibility index (Phi) is 5.57. The van der Waals surface area contributed by atoms with Crippen LogP contribution in [0.4, 0.5) is 10.5 Å². The number of nitrogens with one attached hydrogen (secondary N) is 1. The molecule has 0 aromatic heterocycles. The fourth-order valence-electron chi connectivity index (χ4n) is 4.26. The molecule has 4 rings (SSSR count). The molecule has 2 heterocycles. The van der Waals surface area contributed by atoms with Crippen LogP contribution >= 0.6 is 0 Å². The molecule has 2 aromatic rings. The van der Waals surface area contributed by atoms with Gasteiger partial charge in [-0.1, -0.05) is 30.3 Å². The second-order valence-corrected chi connectivity index (χ2v) is 7.42. The number of anilines is 1. The summed E-state index contributed by atoms with van der Waals surface area (Å²) < 4.78 is 5.10. The average Bonchev–Trinajstić information content (AvgIpc) is 3.06. The summed E-state index contributed by atoms with van der Waals surface area (Å²) in [5.41, 5.74) is 2.81. The van der Waals surface area contributed by atoms with Gasteiger partial charge in [0.2, 0.25) is 0 Å². The summed E-state index contributed by atoms with van der Waals surface area (Å²) in [6, 6.07) is 17.1. The molecule has 0 spiro atoms. The highest BCUT2D eigenvalue weighted by Gasteiger charge is 2.42. The van der Waals surface area contributed by atoms with Gasteiger partial charge in [0.25, 0.3) is 5.91 Å². The van der Waals surface area contributed by atoms with Crippen LogP contribution in [0, 0.1) is 11.3 Å². The maximum atomic E-state index is 13.3. The van der Waals surface area contributed by atoms with Gasteiger partial charge >= 0.3 is 6.09 Å². The van der Waals surface area contributed by atoms with E-state index in [0.29, 0.717) is 49.4 Å². The first kappa shape index (κ1) is 19.8. The van der Waals surface area contributed by atoms with Crippen LogP contribution in [0.25, 0.3) is 0 Å². The summed E-state index contributed by atoms with van der Waals surface area (Å²) in [6.45, 7) is 3.24. The molecule has 2 aromatic carbocycles. The number of likely N-dealkylation sites (tertiary alicyclic amines) is 1. The Bertz CT molecular complexity index is 992. The average molecular weight is 404 g/mol. The van der Waals surface area contributed by atoms with Gasteiger partial charge in [-0.15, -0.1) is 0 Å². The number of carbonyl (C=O) groups is 2. The number of fused-ring (bicyclic) bond motifs is 1. The molecule has 1 atom stereocenters. The first-order valence-electron chi connectivity index (χ1n) is 10.2. The third-order valence-corrected chi connectivity index (χ3v) is 5.72. The molecule has 2 aliphatic rings. The quantitative estimate of drug-likeness (QED) is 0.839. The summed E-state index contributed by atoms with van der Waals surface area (Å²) in [5.74, 6) is -0.0212. The molecule has 2 amide bonds. The fraction of sp³-hybridized carbons (Fsp3) is 0.348. The summed E-state index contributed by atoms with van der Waals surface area (Å²) >= 11 is 0. The Hall–Kier alpha value is -3.53. The normalized spacial score (nSPS) is 18.7. The van der Waals surface area contributed by atoms with Gasteiger partial charge in [-0.25, -0.2) is 4.79 Å². The van der Waals surface area contributed by atoms with Gasteiger partial charge in [-0.3, -0.25) is 4.79 Å². The van der Waals surface area contributed by atoms with Crippen molar-refractivity contribution in [3.8, 4) is 6.07 Å². The Morgan fingerprint density at radius 2 is 1.87 bits per heavy atom. The molecule has 1 saturated heterocycles. The lowest BCUT2D eigenvalue weighted by atomic mass is 10.0. The monoisotopic (exact) mass is 404 g/mol. The number of para-hydroxylation sites is 1. The van der Waals surface area contributed by atoms with E-state index < -0.39 is 0 Å². The Balaban J connectivity index is 1.59. The zero-order chi connectivity index (χ0) is 21.1. The lowest BCUT2D eigenvalue weighted by Crippen LogP contribution is -2.49. The van der Waals surface area contributed by atoms with Crippen LogP contribution in [0.2, 0.25) is 0 Å². The molecular weight excluding hydrogens is 380 g/mol. The molecule has 30 heavy (non-hydrogen) atoms. The van der Waals surface area contributed by atoms with Crippen molar-refractivity contribution in [3.05, 3.63) is 65.2 Å². The van der Waals surface area contributed by atoms with Crippen molar-refractivity contribution < 1.29 is 14.3 Å². The molecule has 0 unspecified atom stereocenters. The summed E-state index contributed by atoms with van der Waals surface area (Å²) in [7, 11) is 0. The Morgan fingerprint density at radius 3 is 2.60 bits per heavy atom. The second kappa shape index (κ2) is 8.46. The number of nitriles is 1. The highest BCUT2D eigenvalue weighted by atomic mass is 16.6. The number of hydrogen-bond donors (Lipinski definition) is 1. The maximum Gasteiger partial charge on any atom is 0.409 e. The van der Waals surface area contributed by atoms with Gasteiger partial charge in [0.1, 0.15) is 12.2 Å². The van der Waals surface area contributed by atoms with E-state index in [1.165, 1.54) is 0 Å². The van der Waals surface area contributed by atoms with Crippen LogP contribution in [-0.4, -0.2) is 47.5 Å². The lowest BCUT2D eigenvalue weighted by molar-refractivity contribution is 0.0496. The van der Waals surface area contributed by atoms with E-state index in [1.807, 2.05) is 47.4 Å². The van der Waals surface area contributed by atoms with E-state index >= 15 is 0 Å². The molecule has 7 heteroatoms. The number of nitrogens with zero attached hydrogens (tertiary/aromatic N) is 3. The summed E-state index contributed by atoms with van der Waals surface area (Å²) in [4.78, 5) is 28.9. The van der Waals surface area contributed by atoms with Gasteiger partial charge in [0.05, 0.1) is 17.9 Å². The van der Waals surface area contributed by atoms with Gasteiger partial charge in [-0.2, -0.15) is 5.26 Å². The van der Waals surface area contributed by atoms with Crippen LogP contribution in [0.15, 0.2) is 48.5 Å². The standard InChI is InChI=1S/C23H24N4O3/c1-2-30-23(29)26-13-11-17(12-14-26)27-21(18-8-4-5-9-19(18)22(27)28)25-20-10-6-3-7-16(20)15-24/h3-10,17,21,25H,2,11-14H2,1H3/t21-/m0/s1. The van der Waals surface area contributed by atoms with Crippen molar-refractivity contribution >= 4 is 17.7 Å². The highest BCUT2D eigenvalue weighted by Crippen LogP contribution is 2.38. The van der Waals surface area contributed by atoms with Crippen molar-refractivity contribution in [3.63, 3.8) is 0 Å². The highest BCUT2D eigenvalue weighted by molar-refractivity contribution is 5.99. The summed E-state index contributed by atoms with van der Waals surface area (Å²) in [6.07, 6.45) is 0.694.